The number of benzene rings is 1. The number of rotatable bonds is 1. The van der Waals surface area contributed by atoms with E-state index in [4.69, 9.17) is 5.26 Å². The highest BCUT2D eigenvalue weighted by Crippen LogP contribution is 2.50. The number of alkyl halides is 4. The SMILES string of the molecule is N#CCc1ccc2c(c1)C(F)(F)OC2(F)F. The van der Waals surface area contributed by atoms with Gasteiger partial charge in [0.25, 0.3) is 0 Å². The maximum absolute atomic E-state index is 13.1. The van der Waals surface area contributed by atoms with Crippen molar-refractivity contribution in [3.05, 3.63) is 34.9 Å². The van der Waals surface area contributed by atoms with Crippen LogP contribution in [0.25, 0.3) is 0 Å². The molecule has 0 fully saturated rings. The van der Waals surface area contributed by atoms with Crippen LogP contribution in [0, 0.1) is 11.3 Å². The molecule has 0 saturated heterocycles. The maximum atomic E-state index is 13.1. The smallest absolute Gasteiger partial charge is 0.247 e. The largest absolute Gasteiger partial charge is 0.388 e. The first kappa shape index (κ1) is 10.9. The van der Waals surface area contributed by atoms with Crippen molar-refractivity contribution in [1.82, 2.24) is 0 Å². The van der Waals surface area contributed by atoms with E-state index in [1.807, 2.05) is 0 Å². The third-order valence-electron chi connectivity index (χ3n) is 2.25. The van der Waals surface area contributed by atoms with Crippen LogP contribution in [0.4, 0.5) is 17.6 Å². The molecule has 1 heterocycles. The molecule has 0 saturated carbocycles. The van der Waals surface area contributed by atoms with Gasteiger partial charge in [0.2, 0.25) is 0 Å². The van der Waals surface area contributed by atoms with Crippen molar-refractivity contribution in [3.63, 3.8) is 0 Å². The van der Waals surface area contributed by atoms with Crippen molar-refractivity contribution in [2.24, 2.45) is 0 Å². The summed E-state index contributed by atoms with van der Waals surface area (Å²) in [5.41, 5.74) is -1.47. The lowest BCUT2D eigenvalue weighted by atomic mass is 10.0. The Kier molecular flexibility index (Phi) is 2.17. The molecule has 1 aromatic carbocycles. The Morgan fingerprint density at radius 1 is 1.12 bits per heavy atom. The molecule has 0 spiro atoms. The highest BCUT2D eigenvalue weighted by molar-refractivity contribution is 5.39. The fourth-order valence-electron chi connectivity index (χ4n) is 1.56. The van der Waals surface area contributed by atoms with E-state index in [2.05, 4.69) is 4.74 Å². The highest BCUT2D eigenvalue weighted by Gasteiger charge is 2.57. The Labute approximate surface area is 88.1 Å². The maximum Gasteiger partial charge on any atom is 0.388 e. The third-order valence-corrected chi connectivity index (χ3v) is 2.25. The van der Waals surface area contributed by atoms with Crippen LogP contribution in [0.1, 0.15) is 16.7 Å². The first-order chi connectivity index (χ1) is 7.37. The Balaban J connectivity index is 2.55. The summed E-state index contributed by atoms with van der Waals surface area (Å²) in [4.78, 5) is 0. The van der Waals surface area contributed by atoms with Gasteiger partial charge in [-0.1, -0.05) is 6.07 Å². The van der Waals surface area contributed by atoms with Crippen LogP contribution in [0.15, 0.2) is 18.2 Å². The zero-order chi connectivity index (χ0) is 12.0. The average molecular weight is 231 g/mol. The van der Waals surface area contributed by atoms with E-state index in [-0.39, 0.29) is 12.0 Å². The zero-order valence-electron chi connectivity index (χ0n) is 7.81. The molecule has 0 bridgehead atoms. The molecule has 0 aromatic heterocycles. The van der Waals surface area contributed by atoms with E-state index >= 15 is 0 Å². The summed E-state index contributed by atoms with van der Waals surface area (Å²) in [6.45, 7) is 0. The summed E-state index contributed by atoms with van der Waals surface area (Å²) in [5, 5.41) is 8.38. The predicted octanol–water partition coefficient (Wildman–Crippen LogP) is 2.88. The fourth-order valence-corrected chi connectivity index (χ4v) is 1.56. The summed E-state index contributed by atoms with van der Waals surface area (Å²) >= 11 is 0. The molecular weight excluding hydrogens is 226 g/mol. The summed E-state index contributed by atoms with van der Waals surface area (Å²) < 4.78 is 55.5. The van der Waals surface area contributed by atoms with Crippen molar-refractivity contribution in [2.75, 3.05) is 0 Å². The van der Waals surface area contributed by atoms with Gasteiger partial charge in [-0.15, -0.1) is 0 Å². The molecule has 0 atom stereocenters. The number of hydrogen-bond donors (Lipinski definition) is 0. The quantitative estimate of drug-likeness (QED) is 0.696. The molecule has 0 unspecified atom stereocenters. The van der Waals surface area contributed by atoms with Gasteiger partial charge in [-0.05, 0) is 17.7 Å². The second kappa shape index (κ2) is 3.19. The van der Waals surface area contributed by atoms with Gasteiger partial charge >= 0.3 is 12.2 Å². The van der Waals surface area contributed by atoms with Crippen LogP contribution in [0.2, 0.25) is 0 Å². The first-order valence-corrected chi connectivity index (χ1v) is 4.33. The van der Waals surface area contributed by atoms with Crippen LogP contribution in [-0.2, 0) is 23.4 Å². The van der Waals surface area contributed by atoms with E-state index < -0.39 is 23.3 Å². The molecule has 0 radical (unpaired) electrons. The van der Waals surface area contributed by atoms with Gasteiger partial charge in [0, 0.05) is 0 Å². The molecule has 1 aliphatic rings. The molecule has 2 nitrogen and oxygen atoms in total. The van der Waals surface area contributed by atoms with Crippen LogP contribution >= 0.6 is 0 Å². The third kappa shape index (κ3) is 1.53. The van der Waals surface area contributed by atoms with Crippen LogP contribution < -0.4 is 0 Å². The topological polar surface area (TPSA) is 33.0 Å². The predicted molar refractivity (Wildman–Crippen MR) is 44.6 cm³/mol. The van der Waals surface area contributed by atoms with Gasteiger partial charge in [-0.2, -0.15) is 22.8 Å². The molecule has 1 aliphatic heterocycles. The Hall–Kier alpha value is -1.61. The fraction of sp³-hybridized carbons (Fsp3) is 0.300. The minimum absolute atomic E-state index is 0.116. The summed E-state index contributed by atoms with van der Waals surface area (Å²) in [6.07, 6.45) is -8.11. The van der Waals surface area contributed by atoms with E-state index in [1.54, 1.807) is 6.07 Å². The monoisotopic (exact) mass is 231 g/mol. The summed E-state index contributed by atoms with van der Waals surface area (Å²) in [7, 11) is 0. The normalized spacial score (nSPS) is 20.2. The zero-order valence-corrected chi connectivity index (χ0v) is 7.81. The molecule has 6 heteroatoms. The number of hydrogen-bond acceptors (Lipinski definition) is 2. The Bertz CT molecular complexity index is 478. The number of halogens is 4. The molecule has 0 N–H and O–H groups in total. The molecule has 0 aliphatic carbocycles. The lowest BCUT2D eigenvalue weighted by molar-refractivity contribution is -0.369. The lowest BCUT2D eigenvalue weighted by Crippen LogP contribution is -2.17. The van der Waals surface area contributed by atoms with E-state index in [1.165, 1.54) is 6.07 Å². The van der Waals surface area contributed by atoms with Gasteiger partial charge in [0.1, 0.15) is 0 Å². The van der Waals surface area contributed by atoms with Gasteiger partial charge in [-0.25, -0.2) is 4.74 Å². The molecule has 0 amide bonds. The van der Waals surface area contributed by atoms with Crippen molar-refractivity contribution in [2.45, 2.75) is 18.6 Å². The van der Waals surface area contributed by atoms with E-state index in [9.17, 15) is 17.6 Å². The highest BCUT2D eigenvalue weighted by atomic mass is 19.3. The summed E-state index contributed by atoms with van der Waals surface area (Å²) in [5.74, 6) is 0. The van der Waals surface area contributed by atoms with Crippen molar-refractivity contribution >= 4 is 0 Å². The minimum Gasteiger partial charge on any atom is -0.247 e. The molecular formula is C10H5F4NO. The standard InChI is InChI=1S/C10H5F4NO/c11-9(12)7-2-1-6(3-4-15)5-8(7)10(13,14)16-9/h1-2,5H,3H2. The van der Waals surface area contributed by atoms with Gasteiger partial charge in [-0.3, -0.25) is 0 Å². The van der Waals surface area contributed by atoms with Gasteiger partial charge < -0.3 is 0 Å². The second-order valence-corrected chi connectivity index (χ2v) is 3.35. The van der Waals surface area contributed by atoms with Crippen LogP contribution in [0.3, 0.4) is 0 Å². The Morgan fingerprint density at radius 2 is 1.75 bits per heavy atom. The second-order valence-electron chi connectivity index (χ2n) is 3.35. The number of nitriles is 1. The van der Waals surface area contributed by atoms with Crippen molar-refractivity contribution in [1.29, 1.82) is 5.26 Å². The summed E-state index contributed by atoms with van der Waals surface area (Å²) in [6, 6.07) is 4.70. The minimum atomic E-state index is -4.01. The van der Waals surface area contributed by atoms with Crippen LogP contribution in [-0.4, -0.2) is 0 Å². The van der Waals surface area contributed by atoms with Gasteiger partial charge in [0.15, 0.2) is 0 Å². The lowest BCUT2D eigenvalue weighted by Gasteiger charge is -2.10. The molecule has 1 aromatic rings. The molecule has 84 valence electrons. The number of ether oxygens (including phenoxy) is 1. The molecule has 2 rings (SSSR count). The van der Waals surface area contributed by atoms with Crippen molar-refractivity contribution in [3.8, 4) is 6.07 Å². The average Bonchev–Trinajstić information content (AvgIpc) is 2.33. The number of fused-ring (bicyclic) bond motifs is 1. The Morgan fingerprint density at radius 3 is 2.38 bits per heavy atom. The van der Waals surface area contributed by atoms with Crippen molar-refractivity contribution < 1.29 is 22.3 Å². The van der Waals surface area contributed by atoms with Crippen LogP contribution in [0.5, 0.6) is 0 Å². The van der Waals surface area contributed by atoms with E-state index in [0.29, 0.717) is 0 Å². The molecule has 16 heavy (non-hydrogen) atoms. The van der Waals surface area contributed by atoms with Gasteiger partial charge in [0.05, 0.1) is 23.6 Å². The van der Waals surface area contributed by atoms with E-state index in [0.717, 1.165) is 12.1 Å². The first-order valence-electron chi connectivity index (χ1n) is 4.33. The number of nitrogens with zero attached hydrogens (tertiary/aromatic N) is 1.